The third-order valence-electron chi connectivity index (χ3n) is 7.22. The first-order valence-electron chi connectivity index (χ1n) is 14.1. The van der Waals surface area contributed by atoms with Crippen molar-refractivity contribution in [2.75, 3.05) is 45.8 Å². The molecular formula is C32H41N3O8S. The highest BCUT2D eigenvalue weighted by Gasteiger charge is 2.35. The summed E-state index contributed by atoms with van der Waals surface area (Å²) < 4.78 is 51.3. The van der Waals surface area contributed by atoms with Gasteiger partial charge in [0.25, 0.3) is 10.0 Å². The van der Waals surface area contributed by atoms with Crippen LogP contribution in [0.4, 0.5) is 5.69 Å². The van der Waals surface area contributed by atoms with E-state index in [1.165, 1.54) is 57.6 Å². The smallest absolute Gasteiger partial charge is 0.265 e. The largest absolute Gasteiger partial charge is 0.497 e. The summed E-state index contributed by atoms with van der Waals surface area (Å²) >= 11 is 0. The molecule has 11 nitrogen and oxygen atoms in total. The summed E-state index contributed by atoms with van der Waals surface area (Å²) in [5.74, 6) is 0.173. The van der Waals surface area contributed by atoms with Crippen LogP contribution in [0, 0.1) is 6.92 Å². The number of benzene rings is 3. The van der Waals surface area contributed by atoms with Gasteiger partial charge in [-0.3, -0.25) is 13.9 Å². The Balaban J connectivity index is 2.21. The Morgan fingerprint density at radius 1 is 0.841 bits per heavy atom. The van der Waals surface area contributed by atoms with Gasteiger partial charge in [-0.05, 0) is 55.7 Å². The number of aryl methyl sites for hydroxylation is 1. The van der Waals surface area contributed by atoms with E-state index >= 15 is 0 Å². The maximum atomic E-state index is 14.4. The van der Waals surface area contributed by atoms with Crippen LogP contribution in [0.5, 0.6) is 23.0 Å². The van der Waals surface area contributed by atoms with Crippen molar-refractivity contribution in [3.8, 4) is 23.0 Å². The standard InChI is InChI=1S/C32H41N3O8S/c1-8-26(32(37)33-9-2)34(20-23-13-11-10-12-22(23)3)31(36)21-35(27-18-24(40-4)14-16-28(27)41-5)44(38,39)25-15-17-29(42-6)30(19-25)43-7/h10-19,26H,8-9,20-21H2,1-7H3,(H,33,37)/t26-/m0/s1. The van der Waals surface area contributed by atoms with Crippen LogP contribution in [0.2, 0.25) is 0 Å². The number of likely N-dealkylation sites (N-methyl/N-ethyl adjacent to an activating group) is 1. The zero-order valence-corrected chi connectivity index (χ0v) is 27.1. The van der Waals surface area contributed by atoms with Crippen LogP contribution in [0.1, 0.15) is 31.4 Å². The number of carbonyl (C=O) groups is 2. The van der Waals surface area contributed by atoms with Crippen molar-refractivity contribution in [3.05, 3.63) is 71.8 Å². The van der Waals surface area contributed by atoms with Gasteiger partial charge in [-0.25, -0.2) is 8.42 Å². The lowest BCUT2D eigenvalue weighted by molar-refractivity contribution is -0.140. The monoisotopic (exact) mass is 627 g/mol. The second kappa shape index (κ2) is 15.3. The summed E-state index contributed by atoms with van der Waals surface area (Å²) in [5, 5.41) is 2.80. The Morgan fingerprint density at radius 2 is 1.50 bits per heavy atom. The van der Waals surface area contributed by atoms with Crippen molar-refractivity contribution in [3.63, 3.8) is 0 Å². The summed E-state index contributed by atoms with van der Waals surface area (Å²) in [6.07, 6.45) is 0.314. The lowest BCUT2D eigenvalue weighted by Gasteiger charge is -2.33. The second-order valence-corrected chi connectivity index (χ2v) is 11.7. The van der Waals surface area contributed by atoms with E-state index in [9.17, 15) is 18.0 Å². The molecular weight excluding hydrogens is 586 g/mol. The molecule has 1 N–H and O–H groups in total. The van der Waals surface area contributed by atoms with Gasteiger partial charge in [0.2, 0.25) is 11.8 Å². The number of sulfonamides is 1. The maximum Gasteiger partial charge on any atom is 0.265 e. The minimum absolute atomic E-state index is 0.0804. The molecule has 238 valence electrons. The first kappa shape index (κ1) is 34.0. The van der Waals surface area contributed by atoms with E-state index in [-0.39, 0.29) is 34.5 Å². The molecule has 0 saturated carbocycles. The predicted octanol–water partition coefficient (Wildman–Crippen LogP) is 4.17. The molecule has 0 aliphatic carbocycles. The Morgan fingerprint density at radius 3 is 2.09 bits per heavy atom. The fourth-order valence-corrected chi connectivity index (χ4v) is 6.22. The molecule has 0 aliphatic rings. The van der Waals surface area contributed by atoms with E-state index < -0.39 is 28.5 Å². The highest BCUT2D eigenvalue weighted by molar-refractivity contribution is 7.92. The van der Waals surface area contributed by atoms with Gasteiger partial charge in [-0.2, -0.15) is 0 Å². The number of hydrogen-bond donors (Lipinski definition) is 1. The van der Waals surface area contributed by atoms with E-state index in [0.717, 1.165) is 15.4 Å². The predicted molar refractivity (Wildman–Crippen MR) is 168 cm³/mol. The molecule has 3 aromatic carbocycles. The molecule has 44 heavy (non-hydrogen) atoms. The Hall–Kier alpha value is -4.45. The lowest BCUT2D eigenvalue weighted by Crippen LogP contribution is -2.52. The van der Waals surface area contributed by atoms with E-state index in [4.69, 9.17) is 18.9 Å². The zero-order chi connectivity index (χ0) is 32.4. The van der Waals surface area contributed by atoms with E-state index in [2.05, 4.69) is 5.32 Å². The molecule has 0 fully saturated rings. The third-order valence-corrected chi connectivity index (χ3v) is 8.97. The fraction of sp³-hybridized carbons (Fsp3) is 0.375. The molecule has 0 spiro atoms. The Kier molecular flexibility index (Phi) is 11.9. The Labute approximate surface area is 259 Å². The lowest BCUT2D eigenvalue weighted by atomic mass is 10.1. The molecule has 3 rings (SSSR count). The average molecular weight is 628 g/mol. The number of carbonyl (C=O) groups excluding carboxylic acids is 2. The second-order valence-electron chi connectivity index (χ2n) is 9.83. The van der Waals surface area contributed by atoms with Crippen LogP contribution in [-0.4, -0.2) is 72.7 Å². The molecule has 3 aromatic rings. The van der Waals surface area contributed by atoms with Crippen LogP contribution in [0.3, 0.4) is 0 Å². The minimum atomic E-state index is -4.43. The van der Waals surface area contributed by atoms with Crippen LogP contribution in [0.15, 0.2) is 65.6 Å². The molecule has 0 radical (unpaired) electrons. The zero-order valence-electron chi connectivity index (χ0n) is 26.2. The van der Waals surface area contributed by atoms with Gasteiger partial charge < -0.3 is 29.2 Å². The molecule has 0 bridgehead atoms. The summed E-state index contributed by atoms with van der Waals surface area (Å²) in [4.78, 5) is 28.8. The summed E-state index contributed by atoms with van der Waals surface area (Å²) in [6.45, 7) is 5.36. The van der Waals surface area contributed by atoms with Gasteiger partial charge in [0.05, 0.1) is 39.0 Å². The first-order valence-corrected chi connectivity index (χ1v) is 15.6. The third kappa shape index (κ3) is 7.54. The normalized spacial score (nSPS) is 11.7. The summed E-state index contributed by atoms with van der Waals surface area (Å²) in [7, 11) is 1.27. The highest BCUT2D eigenvalue weighted by atomic mass is 32.2. The molecule has 0 saturated heterocycles. The van der Waals surface area contributed by atoms with E-state index in [0.29, 0.717) is 24.5 Å². The number of hydrogen-bond acceptors (Lipinski definition) is 8. The quantitative estimate of drug-likeness (QED) is 0.266. The van der Waals surface area contributed by atoms with Crippen molar-refractivity contribution in [1.82, 2.24) is 10.2 Å². The first-order chi connectivity index (χ1) is 21.1. The number of rotatable bonds is 15. The molecule has 12 heteroatoms. The van der Waals surface area contributed by atoms with Gasteiger partial charge in [0, 0.05) is 25.2 Å². The van der Waals surface area contributed by atoms with E-state index in [1.807, 2.05) is 31.2 Å². The molecule has 1 atom stereocenters. The van der Waals surface area contributed by atoms with Crippen molar-refractivity contribution in [2.45, 2.75) is 44.7 Å². The number of nitrogens with one attached hydrogen (secondary N) is 1. The van der Waals surface area contributed by atoms with Crippen LogP contribution in [-0.2, 0) is 26.2 Å². The van der Waals surface area contributed by atoms with Crippen molar-refractivity contribution < 1.29 is 37.0 Å². The number of methoxy groups -OCH3 is 4. The average Bonchev–Trinajstić information content (AvgIpc) is 3.03. The van der Waals surface area contributed by atoms with Crippen LogP contribution >= 0.6 is 0 Å². The fourth-order valence-electron chi connectivity index (χ4n) is 4.79. The SMILES string of the molecule is CCNC(=O)[C@H](CC)N(Cc1ccccc1C)C(=O)CN(c1cc(OC)ccc1OC)S(=O)(=O)c1ccc(OC)c(OC)c1. The number of nitrogens with zero attached hydrogens (tertiary/aromatic N) is 2. The van der Waals surface area contributed by atoms with Crippen molar-refractivity contribution in [2.24, 2.45) is 0 Å². The highest BCUT2D eigenvalue weighted by Crippen LogP contribution is 2.38. The van der Waals surface area contributed by atoms with E-state index in [1.54, 1.807) is 26.0 Å². The molecule has 0 aliphatic heterocycles. The van der Waals surface area contributed by atoms with Crippen LogP contribution in [0.25, 0.3) is 0 Å². The van der Waals surface area contributed by atoms with Crippen molar-refractivity contribution >= 4 is 27.5 Å². The van der Waals surface area contributed by atoms with Gasteiger partial charge >= 0.3 is 0 Å². The van der Waals surface area contributed by atoms with Gasteiger partial charge in [0.15, 0.2) is 11.5 Å². The number of ether oxygens (including phenoxy) is 4. The van der Waals surface area contributed by atoms with Gasteiger partial charge in [-0.15, -0.1) is 0 Å². The Bertz CT molecular complexity index is 1560. The minimum Gasteiger partial charge on any atom is -0.497 e. The molecule has 0 aromatic heterocycles. The molecule has 2 amide bonds. The topological polar surface area (TPSA) is 124 Å². The summed E-state index contributed by atoms with van der Waals surface area (Å²) in [6, 6.07) is 15.5. The van der Waals surface area contributed by atoms with Crippen molar-refractivity contribution in [1.29, 1.82) is 0 Å². The maximum absolute atomic E-state index is 14.4. The van der Waals surface area contributed by atoms with Gasteiger partial charge in [-0.1, -0.05) is 31.2 Å². The summed E-state index contributed by atoms with van der Waals surface area (Å²) in [5.41, 5.74) is 1.84. The number of amides is 2. The molecule has 0 unspecified atom stereocenters. The number of anilines is 1. The van der Waals surface area contributed by atoms with Crippen LogP contribution < -0.4 is 28.6 Å². The van der Waals surface area contributed by atoms with Gasteiger partial charge in [0.1, 0.15) is 24.1 Å². The molecule has 0 heterocycles.